The van der Waals surface area contributed by atoms with Crippen molar-refractivity contribution in [1.29, 1.82) is 0 Å². The Morgan fingerprint density at radius 3 is 2.88 bits per heavy atom. The van der Waals surface area contributed by atoms with Gasteiger partial charge in [-0.05, 0) is 62.0 Å². The molecule has 2 bridgehead atoms. The highest BCUT2D eigenvalue weighted by Crippen LogP contribution is 2.61. The van der Waals surface area contributed by atoms with Crippen molar-refractivity contribution in [1.82, 2.24) is 10.3 Å². The van der Waals surface area contributed by atoms with Gasteiger partial charge in [-0.3, -0.25) is 0 Å². The topological polar surface area (TPSA) is 40.2 Å². The minimum Gasteiger partial charge on any atom is -0.370 e. The van der Waals surface area contributed by atoms with Crippen molar-refractivity contribution in [2.75, 3.05) is 36.9 Å². The maximum Gasteiger partial charge on any atom is 0.127 e. The lowest BCUT2D eigenvalue weighted by molar-refractivity contribution is -0.100. The molecule has 1 aromatic heterocycles. The number of rotatable bonds is 5. The van der Waals surface area contributed by atoms with Gasteiger partial charge in [-0.15, -0.1) is 0 Å². The van der Waals surface area contributed by atoms with Crippen LogP contribution < -0.4 is 15.5 Å². The SMILES string of the molecule is CN[C@@H]1CCN(c2ccnc(NC[C@H]3CC[C@H]4C[C@H]3C4(C)C)c2)C1. The Labute approximate surface area is 146 Å². The summed E-state index contributed by atoms with van der Waals surface area (Å²) in [5, 5.41) is 7.03. The van der Waals surface area contributed by atoms with E-state index in [1.165, 1.54) is 31.4 Å². The normalized spacial score (nSPS) is 34.0. The maximum atomic E-state index is 4.56. The second-order valence-electron chi connectivity index (χ2n) is 8.70. The van der Waals surface area contributed by atoms with Crippen molar-refractivity contribution >= 4 is 11.5 Å². The zero-order valence-corrected chi connectivity index (χ0v) is 15.4. The van der Waals surface area contributed by atoms with Crippen LogP contribution in [-0.2, 0) is 0 Å². The fourth-order valence-corrected chi connectivity index (χ4v) is 5.39. The standard InChI is InChI=1S/C20H32N4/c1-20(2)15-5-4-14(18(20)10-15)12-23-19-11-17(6-8-22-19)24-9-7-16(13-24)21-3/h6,8,11,14-16,18,21H,4-5,7,9-10,12-13H2,1-3H3,(H,22,23)/t14-,15+,16-,18-/m1/s1. The Morgan fingerprint density at radius 2 is 2.17 bits per heavy atom. The van der Waals surface area contributed by atoms with Gasteiger partial charge < -0.3 is 15.5 Å². The largest absolute Gasteiger partial charge is 0.370 e. The van der Waals surface area contributed by atoms with Crippen molar-refractivity contribution in [3.8, 4) is 0 Å². The Morgan fingerprint density at radius 1 is 1.29 bits per heavy atom. The lowest BCUT2D eigenvalue weighted by Gasteiger charge is -2.60. The number of nitrogens with zero attached hydrogens (tertiary/aromatic N) is 2. The summed E-state index contributed by atoms with van der Waals surface area (Å²) in [5.74, 6) is 3.74. The third-order valence-electron chi connectivity index (χ3n) is 7.25. The van der Waals surface area contributed by atoms with Crippen LogP contribution in [0.25, 0.3) is 0 Å². The van der Waals surface area contributed by atoms with E-state index >= 15 is 0 Å². The highest BCUT2D eigenvalue weighted by Gasteiger charge is 2.53. The maximum absolute atomic E-state index is 4.56. The first-order chi connectivity index (χ1) is 11.6. The Bertz CT molecular complexity index is 583. The summed E-state index contributed by atoms with van der Waals surface area (Å²) in [6.45, 7) is 8.26. The van der Waals surface area contributed by atoms with Gasteiger partial charge in [0.2, 0.25) is 0 Å². The summed E-state index contributed by atoms with van der Waals surface area (Å²) in [5.41, 5.74) is 1.87. The Hall–Kier alpha value is -1.29. The zero-order chi connectivity index (χ0) is 16.7. The molecule has 4 atom stereocenters. The molecule has 2 N–H and O–H groups in total. The third-order valence-corrected chi connectivity index (χ3v) is 7.25. The summed E-state index contributed by atoms with van der Waals surface area (Å²) in [4.78, 5) is 7.02. The average molecular weight is 329 g/mol. The number of fused-ring (bicyclic) bond motifs is 2. The predicted molar refractivity (Wildman–Crippen MR) is 101 cm³/mol. The van der Waals surface area contributed by atoms with E-state index in [0.717, 1.165) is 43.2 Å². The molecule has 1 aromatic rings. The number of pyridine rings is 1. The molecule has 0 amide bonds. The van der Waals surface area contributed by atoms with E-state index in [2.05, 4.69) is 53.5 Å². The van der Waals surface area contributed by atoms with Gasteiger partial charge in [-0.25, -0.2) is 4.98 Å². The van der Waals surface area contributed by atoms with Crippen molar-refractivity contribution in [3.05, 3.63) is 18.3 Å². The quantitative estimate of drug-likeness (QED) is 0.869. The van der Waals surface area contributed by atoms with Gasteiger partial charge in [0.1, 0.15) is 5.82 Å². The second kappa shape index (κ2) is 6.21. The first-order valence-corrected chi connectivity index (χ1v) is 9.70. The van der Waals surface area contributed by atoms with Crippen molar-refractivity contribution in [2.45, 2.75) is 45.6 Å². The van der Waals surface area contributed by atoms with Gasteiger partial charge in [-0.2, -0.15) is 0 Å². The first kappa shape index (κ1) is 16.2. The molecule has 0 spiro atoms. The molecule has 2 heterocycles. The number of likely N-dealkylation sites (N-methyl/N-ethyl adjacent to an activating group) is 1. The van der Waals surface area contributed by atoms with Crippen LogP contribution >= 0.6 is 0 Å². The van der Waals surface area contributed by atoms with E-state index in [4.69, 9.17) is 0 Å². The highest BCUT2D eigenvalue weighted by atomic mass is 15.2. The lowest BCUT2D eigenvalue weighted by Crippen LogP contribution is -2.53. The molecule has 0 radical (unpaired) electrons. The number of hydrogen-bond donors (Lipinski definition) is 2. The molecule has 0 unspecified atom stereocenters. The molecule has 24 heavy (non-hydrogen) atoms. The fraction of sp³-hybridized carbons (Fsp3) is 0.750. The number of nitrogens with one attached hydrogen (secondary N) is 2. The van der Waals surface area contributed by atoms with Gasteiger partial charge in [-0.1, -0.05) is 13.8 Å². The zero-order valence-electron chi connectivity index (χ0n) is 15.4. The molecule has 1 aliphatic heterocycles. The summed E-state index contributed by atoms with van der Waals surface area (Å²) >= 11 is 0. The molecule has 4 nitrogen and oxygen atoms in total. The monoisotopic (exact) mass is 328 g/mol. The van der Waals surface area contributed by atoms with Crippen LogP contribution in [0.3, 0.4) is 0 Å². The molecule has 5 rings (SSSR count). The van der Waals surface area contributed by atoms with Crippen LogP contribution in [0.5, 0.6) is 0 Å². The number of hydrogen-bond acceptors (Lipinski definition) is 4. The highest BCUT2D eigenvalue weighted by molar-refractivity contribution is 5.54. The van der Waals surface area contributed by atoms with E-state index in [1.54, 1.807) is 0 Å². The van der Waals surface area contributed by atoms with Crippen molar-refractivity contribution in [3.63, 3.8) is 0 Å². The molecule has 3 aliphatic carbocycles. The second-order valence-corrected chi connectivity index (χ2v) is 8.70. The molecule has 4 fully saturated rings. The third kappa shape index (κ3) is 2.79. The van der Waals surface area contributed by atoms with Crippen LogP contribution in [0.4, 0.5) is 11.5 Å². The predicted octanol–water partition coefficient (Wildman–Crippen LogP) is 3.36. The van der Waals surface area contributed by atoms with Crippen LogP contribution in [0.1, 0.15) is 39.5 Å². The Balaban J connectivity index is 1.36. The smallest absolute Gasteiger partial charge is 0.127 e. The first-order valence-electron chi connectivity index (χ1n) is 9.70. The van der Waals surface area contributed by atoms with Crippen LogP contribution in [0.2, 0.25) is 0 Å². The van der Waals surface area contributed by atoms with Gasteiger partial charge in [0.05, 0.1) is 0 Å². The summed E-state index contributed by atoms with van der Waals surface area (Å²) in [6, 6.07) is 4.99. The number of anilines is 2. The van der Waals surface area contributed by atoms with E-state index in [9.17, 15) is 0 Å². The molecule has 132 valence electrons. The summed E-state index contributed by atoms with van der Waals surface area (Å²) < 4.78 is 0. The van der Waals surface area contributed by atoms with Crippen molar-refractivity contribution < 1.29 is 0 Å². The Kier molecular flexibility index (Phi) is 4.19. The molecule has 0 aromatic carbocycles. The minimum absolute atomic E-state index is 0.567. The van der Waals surface area contributed by atoms with Gasteiger partial charge in [0, 0.05) is 43.6 Å². The van der Waals surface area contributed by atoms with Crippen LogP contribution in [0, 0.1) is 23.2 Å². The summed E-state index contributed by atoms with van der Waals surface area (Å²) in [7, 11) is 2.06. The molecule has 4 heteroatoms. The molecular formula is C20H32N4. The fourth-order valence-electron chi connectivity index (χ4n) is 5.39. The van der Waals surface area contributed by atoms with E-state index in [0.29, 0.717) is 11.5 Å². The van der Waals surface area contributed by atoms with Gasteiger partial charge in [0.15, 0.2) is 0 Å². The van der Waals surface area contributed by atoms with Crippen molar-refractivity contribution in [2.24, 2.45) is 23.2 Å². The average Bonchev–Trinajstić information content (AvgIpc) is 3.09. The number of aromatic nitrogens is 1. The van der Waals surface area contributed by atoms with Gasteiger partial charge in [0.25, 0.3) is 0 Å². The molecule has 1 saturated heterocycles. The summed E-state index contributed by atoms with van der Waals surface area (Å²) in [6.07, 6.45) is 7.44. The van der Waals surface area contributed by atoms with E-state index < -0.39 is 0 Å². The van der Waals surface area contributed by atoms with Gasteiger partial charge >= 0.3 is 0 Å². The minimum atomic E-state index is 0.567. The lowest BCUT2D eigenvalue weighted by atomic mass is 9.45. The van der Waals surface area contributed by atoms with E-state index in [1.807, 2.05) is 6.20 Å². The van der Waals surface area contributed by atoms with E-state index in [-0.39, 0.29) is 0 Å². The van der Waals surface area contributed by atoms with Crippen LogP contribution in [-0.4, -0.2) is 37.7 Å². The molecular weight excluding hydrogens is 296 g/mol. The molecule has 4 aliphatic rings. The molecule has 3 saturated carbocycles. The van der Waals surface area contributed by atoms with Crippen LogP contribution in [0.15, 0.2) is 18.3 Å².